The van der Waals surface area contributed by atoms with Gasteiger partial charge in [0.15, 0.2) is 0 Å². The summed E-state index contributed by atoms with van der Waals surface area (Å²) in [6.07, 6.45) is 1.83. The van der Waals surface area contributed by atoms with Crippen LogP contribution in [0.15, 0.2) is 54.7 Å². The summed E-state index contributed by atoms with van der Waals surface area (Å²) in [5.74, 6) is 0.0250. The van der Waals surface area contributed by atoms with Gasteiger partial charge in [0.05, 0.1) is 5.52 Å². The van der Waals surface area contributed by atoms with Crippen LogP contribution in [0.5, 0.6) is 5.75 Å². The first kappa shape index (κ1) is 19.8. The van der Waals surface area contributed by atoms with Gasteiger partial charge in [0, 0.05) is 30.0 Å². The molecule has 2 amide bonds. The van der Waals surface area contributed by atoms with E-state index < -0.39 is 5.97 Å². The highest BCUT2D eigenvalue weighted by Crippen LogP contribution is 2.22. The maximum absolute atomic E-state index is 12.3. The van der Waals surface area contributed by atoms with Crippen LogP contribution in [-0.2, 0) is 11.3 Å². The van der Waals surface area contributed by atoms with Crippen LogP contribution >= 0.6 is 11.6 Å². The van der Waals surface area contributed by atoms with Crippen LogP contribution in [0, 0.1) is 0 Å². The zero-order valence-corrected chi connectivity index (χ0v) is 16.7. The van der Waals surface area contributed by atoms with Crippen LogP contribution in [0.4, 0.5) is 10.5 Å². The Hall–Kier alpha value is -2.99. The lowest BCUT2D eigenvalue weighted by Gasteiger charge is -2.20. The Labute approximate surface area is 168 Å². The van der Waals surface area contributed by atoms with E-state index in [9.17, 15) is 9.59 Å². The molecule has 0 atom stereocenters. The van der Waals surface area contributed by atoms with Crippen LogP contribution in [-0.4, -0.2) is 29.7 Å². The zero-order valence-electron chi connectivity index (χ0n) is 16.0. The van der Waals surface area contributed by atoms with Crippen LogP contribution in [0.2, 0.25) is 5.02 Å². The number of benzene rings is 2. The topological polar surface area (TPSA) is 63.6 Å². The number of nitrogens with one attached hydrogen (secondary N) is 1. The van der Waals surface area contributed by atoms with Crippen LogP contribution < -0.4 is 15.0 Å². The average Bonchev–Trinajstić information content (AvgIpc) is 3.03. The standard InChI is InChI=1S/C21H22ClN3O3/c1-14(2)23-21(27)24(3)17-6-8-18(9-7-17)28-20(26)13-25-11-10-15-4-5-16(22)12-19(15)25/h4-12,14H,13H2,1-3H3,(H,23,27). The molecule has 0 spiro atoms. The van der Waals surface area contributed by atoms with E-state index >= 15 is 0 Å². The zero-order chi connectivity index (χ0) is 20.3. The number of rotatable bonds is 5. The number of urea groups is 1. The fourth-order valence-corrected chi connectivity index (χ4v) is 2.96. The number of nitrogens with zero attached hydrogens (tertiary/aromatic N) is 2. The van der Waals surface area contributed by atoms with Gasteiger partial charge in [-0.15, -0.1) is 0 Å². The number of amides is 2. The number of hydrogen-bond acceptors (Lipinski definition) is 3. The third kappa shape index (κ3) is 4.64. The second kappa shape index (κ2) is 8.35. The number of aromatic nitrogens is 1. The van der Waals surface area contributed by atoms with E-state index in [4.69, 9.17) is 16.3 Å². The van der Waals surface area contributed by atoms with Crippen molar-refractivity contribution in [2.24, 2.45) is 0 Å². The van der Waals surface area contributed by atoms with Crippen molar-refractivity contribution in [3.63, 3.8) is 0 Å². The lowest BCUT2D eigenvalue weighted by Crippen LogP contribution is -2.40. The molecule has 0 bridgehead atoms. The molecule has 0 aliphatic carbocycles. The molecule has 3 rings (SSSR count). The number of ether oxygens (including phenoxy) is 1. The fourth-order valence-electron chi connectivity index (χ4n) is 2.80. The van der Waals surface area contributed by atoms with Crippen molar-refractivity contribution in [1.82, 2.24) is 9.88 Å². The molecule has 1 heterocycles. The molecule has 7 heteroatoms. The van der Waals surface area contributed by atoms with Gasteiger partial charge in [-0.1, -0.05) is 17.7 Å². The van der Waals surface area contributed by atoms with Crippen molar-refractivity contribution in [1.29, 1.82) is 0 Å². The molecule has 0 aliphatic heterocycles. The Balaban J connectivity index is 1.64. The van der Waals surface area contributed by atoms with Gasteiger partial charge in [-0.2, -0.15) is 0 Å². The number of halogens is 1. The van der Waals surface area contributed by atoms with Gasteiger partial charge in [0.1, 0.15) is 12.3 Å². The minimum Gasteiger partial charge on any atom is -0.425 e. The first-order valence-corrected chi connectivity index (χ1v) is 9.30. The van der Waals surface area contributed by atoms with Gasteiger partial charge in [-0.25, -0.2) is 9.59 Å². The normalized spacial score (nSPS) is 10.9. The number of carbonyl (C=O) groups excluding carboxylic acids is 2. The first-order chi connectivity index (χ1) is 13.3. The molecule has 1 aromatic heterocycles. The summed E-state index contributed by atoms with van der Waals surface area (Å²) in [7, 11) is 1.68. The minimum atomic E-state index is -0.392. The summed E-state index contributed by atoms with van der Waals surface area (Å²) < 4.78 is 7.21. The molecular formula is C21H22ClN3O3. The van der Waals surface area contributed by atoms with Crippen molar-refractivity contribution in [2.75, 3.05) is 11.9 Å². The van der Waals surface area contributed by atoms with Crippen molar-refractivity contribution >= 4 is 40.2 Å². The van der Waals surface area contributed by atoms with E-state index in [2.05, 4.69) is 5.32 Å². The predicted octanol–water partition coefficient (Wildman–Crippen LogP) is 4.45. The monoisotopic (exact) mass is 399 g/mol. The number of hydrogen-bond donors (Lipinski definition) is 1. The highest BCUT2D eigenvalue weighted by atomic mass is 35.5. The summed E-state index contributed by atoms with van der Waals surface area (Å²) in [5.41, 5.74) is 1.57. The number of esters is 1. The Morgan fingerprint density at radius 2 is 1.86 bits per heavy atom. The van der Waals surface area contributed by atoms with Gasteiger partial charge in [0.2, 0.25) is 0 Å². The van der Waals surface area contributed by atoms with Crippen molar-refractivity contribution in [3.8, 4) is 5.75 Å². The molecule has 0 saturated heterocycles. The summed E-state index contributed by atoms with van der Waals surface area (Å²) in [6, 6.07) is 14.1. The smallest absolute Gasteiger partial charge is 0.331 e. The molecule has 146 valence electrons. The third-order valence-corrected chi connectivity index (χ3v) is 4.44. The minimum absolute atomic E-state index is 0.0508. The summed E-state index contributed by atoms with van der Waals surface area (Å²) in [6.45, 7) is 3.87. The first-order valence-electron chi connectivity index (χ1n) is 8.93. The van der Waals surface area contributed by atoms with Crippen molar-refractivity contribution < 1.29 is 14.3 Å². The Bertz CT molecular complexity index is 996. The van der Waals surface area contributed by atoms with Crippen LogP contribution in [0.3, 0.4) is 0 Å². The Morgan fingerprint density at radius 1 is 1.14 bits per heavy atom. The summed E-state index contributed by atoms with van der Waals surface area (Å²) >= 11 is 6.04. The van der Waals surface area contributed by atoms with E-state index in [1.165, 1.54) is 4.90 Å². The molecule has 28 heavy (non-hydrogen) atoms. The van der Waals surface area contributed by atoms with Gasteiger partial charge < -0.3 is 14.6 Å². The van der Waals surface area contributed by atoms with Gasteiger partial charge in [0.25, 0.3) is 0 Å². The van der Waals surface area contributed by atoms with Gasteiger partial charge in [-0.05, 0) is 61.7 Å². The molecule has 0 radical (unpaired) electrons. The molecule has 0 unspecified atom stereocenters. The van der Waals surface area contributed by atoms with Crippen molar-refractivity contribution in [2.45, 2.75) is 26.4 Å². The summed E-state index contributed by atoms with van der Waals surface area (Å²) in [4.78, 5) is 25.9. The molecule has 0 aliphatic rings. The molecule has 3 aromatic rings. The Morgan fingerprint density at radius 3 is 2.54 bits per heavy atom. The maximum Gasteiger partial charge on any atom is 0.331 e. The molecule has 2 aromatic carbocycles. The number of carbonyl (C=O) groups is 2. The van der Waals surface area contributed by atoms with Crippen LogP contribution in [0.25, 0.3) is 10.9 Å². The van der Waals surface area contributed by atoms with Gasteiger partial charge in [-0.3, -0.25) is 4.90 Å². The average molecular weight is 400 g/mol. The predicted molar refractivity (Wildman–Crippen MR) is 111 cm³/mol. The quantitative estimate of drug-likeness (QED) is 0.509. The molecule has 0 saturated carbocycles. The third-order valence-electron chi connectivity index (χ3n) is 4.21. The fraction of sp³-hybridized carbons (Fsp3) is 0.238. The van der Waals surface area contributed by atoms with Gasteiger partial charge >= 0.3 is 12.0 Å². The largest absolute Gasteiger partial charge is 0.425 e. The number of anilines is 1. The maximum atomic E-state index is 12.3. The SMILES string of the molecule is CC(C)NC(=O)N(C)c1ccc(OC(=O)Cn2ccc3ccc(Cl)cc32)cc1. The van der Waals surface area contributed by atoms with Crippen LogP contribution in [0.1, 0.15) is 13.8 Å². The van der Waals surface area contributed by atoms with E-state index in [1.54, 1.807) is 35.9 Å². The second-order valence-electron chi connectivity index (χ2n) is 6.78. The molecule has 1 N–H and O–H groups in total. The van der Waals surface area contributed by atoms with E-state index in [0.29, 0.717) is 16.5 Å². The lowest BCUT2D eigenvalue weighted by molar-refractivity contribution is -0.134. The molecular weight excluding hydrogens is 378 g/mol. The number of fused-ring (bicyclic) bond motifs is 1. The highest BCUT2D eigenvalue weighted by molar-refractivity contribution is 6.31. The Kier molecular flexibility index (Phi) is 5.90. The summed E-state index contributed by atoms with van der Waals surface area (Å²) in [5, 5.41) is 4.44. The molecule has 6 nitrogen and oxygen atoms in total. The highest BCUT2D eigenvalue weighted by Gasteiger charge is 2.13. The van der Waals surface area contributed by atoms with Crippen molar-refractivity contribution in [3.05, 3.63) is 59.8 Å². The second-order valence-corrected chi connectivity index (χ2v) is 7.21. The van der Waals surface area contributed by atoms with E-state index in [0.717, 1.165) is 10.9 Å². The van der Waals surface area contributed by atoms with E-state index in [1.807, 2.05) is 44.3 Å². The molecule has 0 fully saturated rings. The lowest BCUT2D eigenvalue weighted by atomic mass is 10.2. The van der Waals surface area contributed by atoms with E-state index in [-0.39, 0.29) is 18.6 Å².